The van der Waals surface area contributed by atoms with Crippen LogP contribution in [0.1, 0.15) is 13.3 Å². The number of aliphatic imine (C=N–C) groups is 1. The van der Waals surface area contributed by atoms with Gasteiger partial charge in [0.15, 0.2) is 6.04 Å². The predicted molar refractivity (Wildman–Crippen MR) is 72.2 cm³/mol. The monoisotopic (exact) mass is 280 g/mol. The molecule has 3 rings (SSSR count). The number of rotatable bonds is 2. The van der Waals surface area contributed by atoms with Gasteiger partial charge in [-0.15, -0.1) is 0 Å². The van der Waals surface area contributed by atoms with E-state index in [-0.39, 0.29) is 5.97 Å². The van der Waals surface area contributed by atoms with Crippen molar-refractivity contribution in [1.29, 1.82) is 0 Å². The molecule has 20 heavy (non-hydrogen) atoms. The van der Waals surface area contributed by atoms with Crippen LogP contribution in [0.4, 0.5) is 4.39 Å². The lowest BCUT2D eigenvalue weighted by molar-refractivity contribution is -0.147. The van der Waals surface area contributed by atoms with E-state index in [4.69, 9.17) is 4.74 Å². The zero-order valence-electron chi connectivity index (χ0n) is 11.3. The Balaban J connectivity index is 1.76. The molecule has 3 heterocycles. The van der Waals surface area contributed by atoms with Crippen LogP contribution in [0.3, 0.4) is 0 Å². The van der Waals surface area contributed by atoms with Crippen LogP contribution in [0.2, 0.25) is 0 Å². The molecular formula is C13H17FN4O2. The zero-order chi connectivity index (χ0) is 14.1. The molecule has 7 heteroatoms. The minimum Gasteiger partial charge on any atom is -0.464 e. The number of fused-ring (bicyclic) bond motifs is 1. The molecule has 0 N–H and O–H groups in total. The molecule has 0 amide bonds. The fraction of sp³-hybridized carbons (Fsp3) is 0.615. The van der Waals surface area contributed by atoms with Crippen LogP contribution in [-0.4, -0.2) is 66.0 Å². The highest BCUT2D eigenvalue weighted by Crippen LogP contribution is 2.20. The number of hydrazone groups is 1. The van der Waals surface area contributed by atoms with Gasteiger partial charge >= 0.3 is 5.97 Å². The summed E-state index contributed by atoms with van der Waals surface area (Å²) in [6, 6.07) is -0.506. The second-order valence-electron chi connectivity index (χ2n) is 4.93. The Kier molecular flexibility index (Phi) is 3.42. The van der Waals surface area contributed by atoms with Crippen molar-refractivity contribution in [3.63, 3.8) is 0 Å². The average molecular weight is 280 g/mol. The average Bonchev–Trinajstić information content (AvgIpc) is 3.04. The molecule has 0 aliphatic carbocycles. The summed E-state index contributed by atoms with van der Waals surface area (Å²) >= 11 is 0. The van der Waals surface area contributed by atoms with Crippen molar-refractivity contribution in [2.45, 2.75) is 25.6 Å². The van der Waals surface area contributed by atoms with Crippen LogP contribution in [-0.2, 0) is 9.53 Å². The molecule has 6 nitrogen and oxygen atoms in total. The van der Waals surface area contributed by atoms with Crippen molar-refractivity contribution in [3.8, 4) is 0 Å². The van der Waals surface area contributed by atoms with E-state index in [1.165, 1.54) is 0 Å². The Morgan fingerprint density at radius 1 is 1.50 bits per heavy atom. The lowest BCUT2D eigenvalue weighted by Gasteiger charge is -2.27. The first-order chi connectivity index (χ1) is 9.69. The van der Waals surface area contributed by atoms with E-state index in [1.807, 2.05) is 17.1 Å². The summed E-state index contributed by atoms with van der Waals surface area (Å²) in [6.07, 6.45) is 3.35. The smallest absolute Gasteiger partial charge is 0.332 e. The van der Waals surface area contributed by atoms with Gasteiger partial charge in [-0.05, 0) is 25.5 Å². The van der Waals surface area contributed by atoms with Gasteiger partial charge < -0.3 is 9.64 Å². The molecule has 0 saturated carbocycles. The Hall–Kier alpha value is -1.92. The van der Waals surface area contributed by atoms with Crippen molar-refractivity contribution in [3.05, 3.63) is 12.2 Å². The molecule has 0 bridgehead atoms. The second-order valence-corrected chi connectivity index (χ2v) is 4.93. The zero-order valence-corrected chi connectivity index (χ0v) is 11.3. The van der Waals surface area contributed by atoms with E-state index < -0.39 is 12.2 Å². The quantitative estimate of drug-likeness (QED) is 0.694. The fourth-order valence-electron chi connectivity index (χ4n) is 2.54. The van der Waals surface area contributed by atoms with Gasteiger partial charge in [-0.1, -0.05) is 0 Å². The van der Waals surface area contributed by atoms with Gasteiger partial charge in [0.2, 0.25) is 0 Å². The molecule has 0 aromatic carbocycles. The highest BCUT2D eigenvalue weighted by Gasteiger charge is 2.36. The number of hydrogen-bond donors (Lipinski definition) is 0. The summed E-state index contributed by atoms with van der Waals surface area (Å²) in [5.74, 6) is 1.01. The first-order valence-corrected chi connectivity index (χ1v) is 6.85. The number of hydrogen-bond acceptors (Lipinski definition) is 6. The van der Waals surface area contributed by atoms with Crippen LogP contribution in [0.15, 0.2) is 22.2 Å². The standard InChI is InChI=1S/C13H17FN4O2/c1-2-20-13(19)10-7-15-11-3-4-12(16-18(10)11)17-6-5-9(14)8-17/h3-4,9-10H,2,5-8H2,1H3. The van der Waals surface area contributed by atoms with Gasteiger partial charge in [-0.3, -0.25) is 4.99 Å². The summed E-state index contributed by atoms with van der Waals surface area (Å²) in [5, 5.41) is 6.02. The Morgan fingerprint density at radius 2 is 2.30 bits per heavy atom. The molecule has 0 radical (unpaired) electrons. The van der Waals surface area contributed by atoms with Crippen LogP contribution in [0.5, 0.6) is 0 Å². The van der Waals surface area contributed by atoms with Gasteiger partial charge in [-0.25, -0.2) is 14.2 Å². The van der Waals surface area contributed by atoms with Crippen molar-refractivity contribution in [2.75, 3.05) is 26.2 Å². The molecule has 2 atom stereocenters. The largest absolute Gasteiger partial charge is 0.464 e. The first kappa shape index (κ1) is 13.1. The molecule has 1 fully saturated rings. The van der Waals surface area contributed by atoms with Gasteiger partial charge in [0.1, 0.15) is 17.8 Å². The van der Waals surface area contributed by atoms with Crippen molar-refractivity contribution in [1.82, 2.24) is 9.91 Å². The molecule has 3 aliphatic heterocycles. The lowest BCUT2D eigenvalue weighted by atomic mass is 10.3. The molecule has 108 valence electrons. The van der Waals surface area contributed by atoms with Crippen LogP contribution >= 0.6 is 0 Å². The van der Waals surface area contributed by atoms with Gasteiger partial charge in [0, 0.05) is 6.54 Å². The summed E-state index contributed by atoms with van der Waals surface area (Å²) in [4.78, 5) is 18.0. The van der Waals surface area contributed by atoms with Crippen molar-refractivity contribution >= 4 is 17.6 Å². The molecule has 3 aliphatic rings. The molecule has 0 spiro atoms. The summed E-state index contributed by atoms with van der Waals surface area (Å²) in [6.45, 7) is 3.45. The van der Waals surface area contributed by atoms with Crippen LogP contribution in [0.25, 0.3) is 0 Å². The second kappa shape index (κ2) is 5.22. The fourth-order valence-corrected chi connectivity index (χ4v) is 2.54. The molecule has 0 aromatic heterocycles. The summed E-state index contributed by atoms with van der Waals surface area (Å²) in [5.41, 5.74) is 0. The van der Waals surface area contributed by atoms with E-state index in [0.717, 1.165) is 0 Å². The Bertz CT molecular complexity index is 503. The molecular weight excluding hydrogens is 263 g/mol. The van der Waals surface area contributed by atoms with E-state index >= 15 is 0 Å². The van der Waals surface area contributed by atoms with Crippen molar-refractivity contribution < 1.29 is 13.9 Å². The normalized spacial score (nSPS) is 28.3. The summed E-state index contributed by atoms with van der Waals surface area (Å²) in [7, 11) is 0. The van der Waals surface area contributed by atoms with E-state index in [0.29, 0.717) is 44.3 Å². The Labute approximate surface area is 116 Å². The molecule has 0 aromatic rings. The lowest BCUT2D eigenvalue weighted by Crippen LogP contribution is -2.43. The van der Waals surface area contributed by atoms with E-state index in [1.54, 1.807) is 11.9 Å². The number of likely N-dealkylation sites (tertiary alicyclic amines) is 1. The predicted octanol–water partition coefficient (Wildman–Crippen LogP) is 0.559. The van der Waals surface area contributed by atoms with Gasteiger partial charge in [-0.2, -0.15) is 5.10 Å². The van der Waals surface area contributed by atoms with Gasteiger partial charge in [0.25, 0.3) is 0 Å². The van der Waals surface area contributed by atoms with Gasteiger partial charge in [0.05, 0.1) is 19.7 Å². The minimum atomic E-state index is -0.805. The number of ether oxygens (including phenoxy) is 1. The molecule has 1 saturated heterocycles. The van der Waals surface area contributed by atoms with E-state index in [2.05, 4.69) is 10.1 Å². The van der Waals surface area contributed by atoms with E-state index in [9.17, 15) is 9.18 Å². The third-order valence-electron chi connectivity index (χ3n) is 3.56. The minimum absolute atomic E-state index is 0.325. The number of alkyl halides is 1. The number of nitrogens with zero attached hydrogens (tertiary/aromatic N) is 4. The third-order valence-corrected chi connectivity index (χ3v) is 3.56. The highest BCUT2D eigenvalue weighted by atomic mass is 19.1. The molecule has 2 unspecified atom stereocenters. The maximum atomic E-state index is 13.3. The maximum absolute atomic E-state index is 13.3. The Morgan fingerprint density at radius 3 is 3.00 bits per heavy atom. The number of esters is 1. The topological polar surface area (TPSA) is 57.5 Å². The highest BCUT2D eigenvalue weighted by molar-refractivity contribution is 6.07. The van der Waals surface area contributed by atoms with Crippen LogP contribution < -0.4 is 0 Å². The number of amidine groups is 2. The summed E-state index contributed by atoms with van der Waals surface area (Å²) < 4.78 is 18.3. The first-order valence-electron chi connectivity index (χ1n) is 6.85. The SMILES string of the molecule is CCOC(=O)C1CN=C2C=CC(N3CCC(F)C3)=NN21. The number of carbonyl (C=O) groups excluding carboxylic acids is 1. The van der Waals surface area contributed by atoms with Crippen molar-refractivity contribution in [2.24, 2.45) is 10.1 Å². The van der Waals surface area contributed by atoms with Crippen LogP contribution in [0, 0.1) is 0 Å². The third kappa shape index (κ3) is 2.28. The number of carbonyl (C=O) groups is 1. The number of halogens is 1. The maximum Gasteiger partial charge on any atom is 0.332 e.